The van der Waals surface area contributed by atoms with Crippen LogP contribution in [0.4, 0.5) is 9.59 Å². The summed E-state index contributed by atoms with van der Waals surface area (Å²) in [5.74, 6) is -0.0445. The number of thiazole rings is 1. The number of aromatic nitrogens is 2. The third kappa shape index (κ3) is 12.3. The molecule has 4 aromatic rings. The number of ether oxygens (including phenoxy) is 2. The number of aliphatic hydroxyl groups excluding tert-OH is 1. The lowest BCUT2D eigenvalue weighted by Crippen LogP contribution is -2.54. The van der Waals surface area contributed by atoms with Gasteiger partial charge < -0.3 is 35.1 Å². The van der Waals surface area contributed by atoms with Crippen LogP contribution in [-0.2, 0) is 40.3 Å². The zero-order valence-electron chi connectivity index (χ0n) is 28.2. The first-order chi connectivity index (χ1) is 23.6. The second-order valence-corrected chi connectivity index (χ2v) is 13.4. The molecule has 4 rings (SSSR count). The van der Waals surface area contributed by atoms with Crippen molar-refractivity contribution in [2.24, 2.45) is 5.92 Å². The van der Waals surface area contributed by atoms with Crippen molar-refractivity contribution in [2.75, 3.05) is 0 Å². The lowest BCUT2D eigenvalue weighted by molar-refractivity contribution is -0.125. The SMILES string of the molecule is CC(C)c1nc(COC(=O)N[C@H](C(=O)N[C@@H](Cc2ccccc2)C[C@H](O)[C@H](Cc2ccccc2)NC(=O)OCc2ccno2)C(C)C)cs1. The molecule has 2 aromatic carbocycles. The standard InChI is InChI=1S/C36H45N5O7S/c1-23(2)32(41-36(45)46-20-28-22-49-34(39-28)24(3)4)33(43)38-27(17-25-11-7-5-8-12-25)19-31(42)30(18-26-13-9-6-10-14-26)40-35(44)47-21-29-15-16-37-48-29/h5-16,22-24,27,30-32,42H,17-21H2,1-4H3,(H,38,43)(H,40,44)(H,41,45)/t27-,30-,31-,32-/m0/s1. The third-order valence-corrected chi connectivity index (χ3v) is 8.93. The van der Waals surface area contributed by atoms with E-state index in [2.05, 4.69) is 26.1 Å². The highest BCUT2D eigenvalue weighted by atomic mass is 32.1. The van der Waals surface area contributed by atoms with Gasteiger partial charge in [0.05, 0.1) is 29.0 Å². The summed E-state index contributed by atoms with van der Waals surface area (Å²) in [7, 11) is 0. The predicted molar refractivity (Wildman–Crippen MR) is 185 cm³/mol. The van der Waals surface area contributed by atoms with E-state index in [9.17, 15) is 19.5 Å². The van der Waals surface area contributed by atoms with Crippen LogP contribution in [0.15, 0.2) is 82.8 Å². The summed E-state index contributed by atoms with van der Waals surface area (Å²) in [5.41, 5.74) is 2.48. The van der Waals surface area contributed by atoms with Crippen molar-refractivity contribution >= 4 is 29.4 Å². The molecule has 262 valence electrons. The van der Waals surface area contributed by atoms with E-state index in [1.807, 2.05) is 93.7 Å². The molecule has 0 fully saturated rings. The van der Waals surface area contributed by atoms with E-state index in [-0.39, 0.29) is 31.5 Å². The second-order valence-electron chi connectivity index (χ2n) is 12.5. The molecule has 0 aliphatic heterocycles. The Kier molecular flexibility index (Phi) is 14.2. The van der Waals surface area contributed by atoms with Gasteiger partial charge in [-0.2, -0.15) is 0 Å². The molecule has 4 atom stereocenters. The van der Waals surface area contributed by atoms with Crippen molar-refractivity contribution in [1.29, 1.82) is 0 Å². The van der Waals surface area contributed by atoms with Crippen molar-refractivity contribution in [2.45, 2.75) is 90.3 Å². The Labute approximate surface area is 290 Å². The highest BCUT2D eigenvalue weighted by Crippen LogP contribution is 2.20. The summed E-state index contributed by atoms with van der Waals surface area (Å²) < 4.78 is 15.7. The summed E-state index contributed by atoms with van der Waals surface area (Å²) in [6.45, 7) is 7.60. The molecule has 13 heteroatoms. The van der Waals surface area contributed by atoms with Gasteiger partial charge in [-0.25, -0.2) is 14.6 Å². The molecule has 49 heavy (non-hydrogen) atoms. The maximum Gasteiger partial charge on any atom is 0.408 e. The van der Waals surface area contributed by atoms with Gasteiger partial charge in [0.15, 0.2) is 12.4 Å². The molecule has 0 spiro atoms. The highest BCUT2D eigenvalue weighted by Gasteiger charge is 2.30. The van der Waals surface area contributed by atoms with Gasteiger partial charge in [0.1, 0.15) is 12.6 Å². The second kappa shape index (κ2) is 18.7. The van der Waals surface area contributed by atoms with Crippen molar-refractivity contribution < 1.29 is 33.5 Å². The summed E-state index contributed by atoms with van der Waals surface area (Å²) >= 11 is 1.51. The Hall–Kier alpha value is -4.75. The first-order valence-corrected chi connectivity index (χ1v) is 17.2. The molecule has 0 saturated heterocycles. The summed E-state index contributed by atoms with van der Waals surface area (Å²) in [5, 5.41) is 26.5. The van der Waals surface area contributed by atoms with E-state index in [0.717, 1.165) is 16.1 Å². The molecule has 2 aromatic heterocycles. The monoisotopic (exact) mass is 691 g/mol. The molecule has 2 heterocycles. The fraction of sp³-hybridized carbons (Fsp3) is 0.417. The minimum absolute atomic E-state index is 0.0129. The van der Waals surface area contributed by atoms with Crippen molar-refractivity contribution in [3.8, 4) is 0 Å². The third-order valence-electron chi connectivity index (χ3n) is 7.74. The smallest absolute Gasteiger partial charge is 0.408 e. The molecule has 0 bridgehead atoms. The van der Waals surface area contributed by atoms with E-state index in [1.165, 1.54) is 17.5 Å². The average Bonchev–Trinajstić information content (AvgIpc) is 3.79. The zero-order valence-corrected chi connectivity index (χ0v) is 29.0. The van der Waals surface area contributed by atoms with Crippen LogP contribution in [0.2, 0.25) is 0 Å². The van der Waals surface area contributed by atoms with Gasteiger partial charge >= 0.3 is 12.2 Å². The van der Waals surface area contributed by atoms with Gasteiger partial charge in [-0.15, -0.1) is 11.3 Å². The minimum Gasteiger partial charge on any atom is -0.443 e. The number of rotatable bonds is 17. The Morgan fingerprint density at radius 1 is 0.837 bits per heavy atom. The number of benzene rings is 2. The molecule has 3 amide bonds. The molecular weight excluding hydrogens is 646 g/mol. The largest absolute Gasteiger partial charge is 0.443 e. The van der Waals surface area contributed by atoms with Gasteiger partial charge in [0.2, 0.25) is 5.91 Å². The van der Waals surface area contributed by atoms with E-state index in [1.54, 1.807) is 6.07 Å². The molecule has 0 aliphatic carbocycles. The van der Waals surface area contributed by atoms with Crippen LogP contribution in [0.5, 0.6) is 0 Å². The number of amides is 3. The van der Waals surface area contributed by atoms with Crippen LogP contribution in [-0.4, -0.2) is 57.6 Å². The summed E-state index contributed by atoms with van der Waals surface area (Å²) in [4.78, 5) is 43.8. The topological polar surface area (TPSA) is 165 Å². The van der Waals surface area contributed by atoms with Gasteiger partial charge in [0, 0.05) is 23.4 Å². The fourth-order valence-electron chi connectivity index (χ4n) is 5.13. The van der Waals surface area contributed by atoms with Crippen LogP contribution in [0.1, 0.15) is 67.6 Å². The predicted octanol–water partition coefficient (Wildman–Crippen LogP) is 5.52. The molecule has 12 nitrogen and oxygen atoms in total. The molecule has 0 aliphatic rings. The Morgan fingerprint density at radius 3 is 2.06 bits per heavy atom. The van der Waals surface area contributed by atoms with Crippen LogP contribution in [0, 0.1) is 5.92 Å². The highest BCUT2D eigenvalue weighted by molar-refractivity contribution is 7.09. The van der Waals surface area contributed by atoms with Crippen molar-refractivity contribution in [3.05, 3.63) is 106 Å². The number of nitrogens with one attached hydrogen (secondary N) is 3. The number of alkyl carbamates (subject to hydrolysis) is 2. The number of nitrogens with zero attached hydrogens (tertiary/aromatic N) is 2. The molecule has 0 saturated carbocycles. The molecule has 0 unspecified atom stereocenters. The van der Waals surface area contributed by atoms with Gasteiger partial charge in [-0.1, -0.05) is 93.5 Å². The number of aliphatic hydroxyl groups is 1. The number of hydrogen-bond acceptors (Lipinski definition) is 10. The maximum absolute atomic E-state index is 13.7. The van der Waals surface area contributed by atoms with Gasteiger partial charge in [-0.3, -0.25) is 4.79 Å². The van der Waals surface area contributed by atoms with Crippen LogP contribution in [0.3, 0.4) is 0 Å². The fourth-order valence-corrected chi connectivity index (χ4v) is 5.95. The quantitative estimate of drug-likeness (QED) is 0.112. The summed E-state index contributed by atoms with van der Waals surface area (Å²) in [6, 6.07) is 18.4. The average molecular weight is 692 g/mol. The van der Waals surface area contributed by atoms with Gasteiger partial charge in [0.25, 0.3) is 0 Å². The number of hydrogen-bond donors (Lipinski definition) is 4. The van der Waals surface area contributed by atoms with Crippen molar-refractivity contribution in [3.63, 3.8) is 0 Å². The van der Waals surface area contributed by atoms with E-state index in [4.69, 9.17) is 14.0 Å². The normalized spacial score (nSPS) is 13.7. The summed E-state index contributed by atoms with van der Waals surface area (Å²) in [6.07, 6.45) is -0.301. The van der Waals surface area contributed by atoms with E-state index >= 15 is 0 Å². The van der Waals surface area contributed by atoms with E-state index in [0.29, 0.717) is 24.3 Å². The van der Waals surface area contributed by atoms with Gasteiger partial charge in [-0.05, 0) is 36.3 Å². The maximum atomic E-state index is 13.7. The molecule has 4 N–H and O–H groups in total. The lowest BCUT2D eigenvalue weighted by atomic mass is 9.93. The molecule has 0 radical (unpaired) electrons. The lowest BCUT2D eigenvalue weighted by Gasteiger charge is -2.30. The van der Waals surface area contributed by atoms with Crippen LogP contribution < -0.4 is 16.0 Å². The minimum atomic E-state index is -1.09. The van der Waals surface area contributed by atoms with Crippen LogP contribution >= 0.6 is 11.3 Å². The molecular formula is C36H45N5O7S. The Balaban J connectivity index is 1.44. The number of carbonyl (C=O) groups is 3. The zero-order chi connectivity index (χ0) is 35.2. The van der Waals surface area contributed by atoms with Crippen LogP contribution in [0.25, 0.3) is 0 Å². The van der Waals surface area contributed by atoms with Crippen molar-refractivity contribution in [1.82, 2.24) is 26.1 Å². The number of carbonyl (C=O) groups excluding carboxylic acids is 3. The van der Waals surface area contributed by atoms with E-state index < -0.39 is 42.3 Å². The first-order valence-electron chi connectivity index (χ1n) is 16.3. The Bertz CT molecular complexity index is 1580. The first kappa shape index (κ1) is 37.1. The Morgan fingerprint density at radius 2 is 1.47 bits per heavy atom.